The highest BCUT2D eigenvalue weighted by atomic mass is 28.4. The second-order valence-electron chi connectivity index (χ2n) is 12.7. The predicted molar refractivity (Wildman–Crippen MR) is 127 cm³/mol. The van der Waals surface area contributed by atoms with E-state index in [-0.39, 0.29) is 29.1 Å². The monoisotopic (exact) mass is 487 g/mol. The second-order valence-corrected chi connectivity index (χ2v) is 17.4. The molecule has 0 unspecified atom stereocenters. The fraction of sp³-hybridized carbons (Fsp3) is 0.800. The summed E-state index contributed by atoms with van der Waals surface area (Å²) in [5, 5.41) is 6.18. The van der Waals surface area contributed by atoms with Gasteiger partial charge in [0, 0.05) is 6.54 Å². The molecule has 9 heteroatoms. The number of carbonyl (C=O) groups excluding carboxylic acids is 3. The maximum absolute atomic E-state index is 14.8. The Morgan fingerprint density at radius 1 is 1.32 bits per heavy atom. The van der Waals surface area contributed by atoms with Crippen molar-refractivity contribution < 1.29 is 23.5 Å². The van der Waals surface area contributed by atoms with Crippen LogP contribution in [0.3, 0.4) is 0 Å². The van der Waals surface area contributed by atoms with Gasteiger partial charge >= 0.3 is 6.03 Å². The van der Waals surface area contributed by atoms with Gasteiger partial charge in [0.05, 0.1) is 23.1 Å². The Morgan fingerprint density at radius 2 is 2.06 bits per heavy atom. The Bertz CT molecular complexity index is 1040. The molecule has 2 saturated carbocycles. The van der Waals surface area contributed by atoms with Gasteiger partial charge in [0.15, 0.2) is 8.32 Å². The van der Waals surface area contributed by atoms with Crippen molar-refractivity contribution in [3.8, 4) is 0 Å². The second kappa shape index (κ2) is 6.53. The average Bonchev–Trinajstić information content (AvgIpc) is 3.33. The third-order valence-corrected chi connectivity index (χ3v) is 14.7. The molecule has 0 aromatic heterocycles. The number of epoxide rings is 1. The molecule has 3 spiro atoms. The first-order valence-corrected chi connectivity index (χ1v) is 15.8. The lowest BCUT2D eigenvalue weighted by molar-refractivity contribution is -0.163. The molecule has 0 aromatic rings. The first-order valence-electron chi connectivity index (χ1n) is 12.9. The highest BCUT2D eigenvalue weighted by molar-refractivity contribution is 6.74. The quantitative estimate of drug-likeness (QED) is 0.362. The highest BCUT2D eigenvalue weighted by Gasteiger charge is 2.84. The van der Waals surface area contributed by atoms with Crippen molar-refractivity contribution in [1.82, 2.24) is 15.5 Å². The molecule has 2 N–H and O–H groups in total. The van der Waals surface area contributed by atoms with Gasteiger partial charge in [-0.2, -0.15) is 0 Å². The number of urea groups is 1. The number of nitrogens with zero attached hydrogens (tertiary/aromatic N) is 1. The van der Waals surface area contributed by atoms with E-state index in [9.17, 15) is 14.4 Å². The molecule has 6 fully saturated rings. The molecule has 34 heavy (non-hydrogen) atoms. The average molecular weight is 488 g/mol. The molecule has 0 aromatic carbocycles. The number of rotatable bonds is 3. The van der Waals surface area contributed by atoms with Crippen molar-refractivity contribution in [1.29, 1.82) is 0 Å². The van der Waals surface area contributed by atoms with E-state index >= 15 is 0 Å². The van der Waals surface area contributed by atoms with Crippen LogP contribution in [0.2, 0.25) is 18.1 Å². The van der Waals surface area contributed by atoms with Crippen LogP contribution in [0, 0.1) is 11.3 Å². The number of hydrogen-bond acceptors (Lipinski definition) is 5. The van der Waals surface area contributed by atoms with Gasteiger partial charge in [0.25, 0.3) is 0 Å². The third-order valence-electron chi connectivity index (χ3n) is 10.2. The first kappa shape index (κ1) is 22.7. The summed E-state index contributed by atoms with van der Waals surface area (Å²) in [5.74, 6) is -0.850. The molecule has 6 aliphatic heterocycles. The summed E-state index contributed by atoms with van der Waals surface area (Å²) in [6.45, 7) is 13.2. The lowest BCUT2D eigenvalue weighted by Crippen LogP contribution is -2.82. The molecule has 4 bridgehead atoms. The van der Waals surface area contributed by atoms with Crippen LogP contribution in [0.5, 0.6) is 0 Å². The molecule has 4 saturated heterocycles. The van der Waals surface area contributed by atoms with E-state index in [0.717, 1.165) is 18.4 Å². The number of ether oxygens (including phenoxy) is 1. The standard InChI is InChI=1S/C25H37N3O5Si/c1-7-26-21(31)28-20(30)23-13-14-9-8-11-24(14,28)16-17-18(32-17)25(23,27-19(16)29)12-10-15(23)33-34(5,6)22(2,3)4/h13,15-18H,7-12H2,1-6H3,(H,26,31)(H,27,29)/t15-,16+,17+,18+,23-,24+,25+/m1/s1. The Hall–Kier alpha value is -1.71. The van der Waals surface area contributed by atoms with Crippen LogP contribution in [0.4, 0.5) is 4.79 Å². The van der Waals surface area contributed by atoms with Crippen molar-refractivity contribution in [2.24, 2.45) is 11.3 Å². The maximum Gasteiger partial charge on any atom is 0.324 e. The van der Waals surface area contributed by atoms with E-state index in [1.54, 1.807) is 0 Å². The van der Waals surface area contributed by atoms with E-state index in [2.05, 4.69) is 50.6 Å². The van der Waals surface area contributed by atoms with Gasteiger partial charge in [0.1, 0.15) is 17.6 Å². The highest BCUT2D eigenvalue weighted by Crippen LogP contribution is 2.69. The van der Waals surface area contributed by atoms with Crippen molar-refractivity contribution in [3.05, 3.63) is 11.6 Å². The van der Waals surface area contributed by atoms with Crippen molar-refractivity contribution in [2.45, 2.75) is 107 Å². The number of hydrogen-bond donors (Lipinski definition) is 2. The zero-order chi connectivity index (χ0) is 24.5. The van der Waals surface area contributed by atoms with Crippen LogP contribution in [0.1, 0.15) is 59.8 Å². The van der Waals surface area contributed by atoms with Gasteiger partial charge in [-0.25, -0.2) is 4.79 Å². The van der Waals surface area contributed by atoms with Crippen molar-refractivity contribution in [3.63, 3.8) is 0 Å². The van der Waals surface area contributed by atoms with Gasteiger partial charge in [0.2, 0.25) is 11.8 Å². The zero-order valence-corrected chi connectivity index (χ0v) is 22.1. The van der Waals surface area contributed by atoms with Gasteiger partial charge in [-0.1, -0.05) is 26.8 Å². The first-order chi connectivity index (χ1) is 15.9. The Labute approximate surface area is 202 Å². The predicted octanol–water partition coefficient (Wildman–Crippen LogP) is 2.84. The van der Waals surface area contributed by atoms with E-state index in [1.165, 1.54) is 4.90 Å². The van der Waals surface area contributed by atoms with Crippen LogP contribution in [-0.2, 0) is 18.8 Å². The molecule has 186 valence electrons. The van der Waals surface area contributed by atoms with Gasteiger partial charge < -0.3 is 19.8 Å². The van der Waals surface area contributed by atoms with E-state index in [1.807, 2.05) is 6.92 Å². The van der Waals surface area contributed by atoms with Crippen molar-refractivity contribution in [2.75, 3.05) is 6.54 Å². The fourth-order valence-corrected chi connectivity index (χ4v) is 9.09. The Morgan fingerprint density at radius 3 is 2.74 bits per heavy atom. The van der Waals surface area contributed by atoms with Crippen molar-refractivity contribution >= 4 is 26.2 Å². The maximum atomic E-state index is 14.8. The topological polar surface area (TPSA) is 100 Å². The smallest absolute Gasteiger partial charge is 0.324 e. The lowest BCUT2D eigenvalue weighted by atomic mass is 9.54. The third kappa shape index (κ3) is 2.34. The number of piperidine rings is 1. The molecular formula is C25H37N3O5Si. The summed E-state index contributed by atoms with van der Waals surface area (Å²) in [6, 6.07) is -0.398. The van der Waals surface area contributed by atoms with E-state index in [4.69, 9.17) is 9.16 Å². The molecule has 0 radical (unpaired) electrons. The molecular weight excluding hydrogens is 450 g/mol. The number of carbonyl (C=O) groups is 3. The minimum atomic E-state index is -2.26. The van der Waals surface area contributed by atoms with Crippen LogP contribution in [0.15, 0.2) is 11.6 Å². The summed E-state index contributed by atoms with van der Waals surface area (Å²) in [6.07, 6.45) is 4.76. The number of imide groups is 1. The number of amides is 4. The molecule has 6 heterocycles. The molecule has 8 nitrogen and oxygen atoms in total. The molecule has 3 aliphatic carbocycles. The summed E-state index contributed by atoms with van der Waals surface area (Å²) in [4.78, 5) is 43.6. The van der Waals surface area contributed by atoms with Gasteiger partial charge in [-0.3, -0.25) is 14.5 Å². The van der Waals surface area contributed by atoms with E-state index in [0.29, 0.717) is 25.8 Å². The van der Waals surface area contributed by atoms with Crippen LogP contribution in [0.25, 0.3) is 0 Å². The van der Waals surface area contributed by atoms with Crippen LogP contribution in [-0.4, -0.2) is 67.0 Å². The number of nitrogens with one attached hydrogen (secondary N) is 2. The van der Waals surface area contributed by atoms with Crippen LogP contribution >= 0.6 is 0 Å². The Kier molecular flexibility index (Phi) is 4.37. The minimum absolute atomic E-state index is 0.0399. The normalized spacial score (nSPS) is 44.1. The fourth-order valence-electron chi connectivity index (χ4n) is 7.72. The lowest BCUT2D eigenvalue weighted by Gasteiger charge is -2.61. The summed E-state index contributed by atoms with van der Waals surface area (Å²) < 4.78 is 13.3. The SMILES string of the molecule is CCNC(=O)N1C(=O)[C@]23C=C4CCC[C@@]41[C@@H]1C(=O)N[C@@]2(CC[C@H]3O[Si](C)(C)C(C)(C)C)[C@H]2O[C@@H]12. The molecule has 4 amide bonds. The zero-order valence-electron chi connectivity index (χ0n) is 21.1. The largest absolute Gasteiger partial charge is 0.412 e. The minimum Gasteiger partial charge on any atom is -0.412 e. The van der Waals surface area contributed by atoms with Gasteiger partial charge in [-0.05, 0) is 62.7 Å². The molecule has 7 atom stereocenters. The summed E-state index contributed by atoms with van der Waals surface area (Å²) >= 11 is 0. The molecule has 9 rings (SSSR count). The summed E-state index contributed by atoms with van der Waals surface area (Å²) in [7, 11) is -2.26. The van der Waals surface area contributed by atoms with E-state index < -0.39 is 42.9 Å². The molecule has 9 aliphatic rings. The summed E-state index contributed by atoms with van der Waals surface area (Å²) in [5.41, 5.74) is -1.90. The van der Waals surface area contributed by atoms with Crippen LogP contribution < -0.4 is 10.6 Å². The Balaban J connectivity index is 1.60. The van der Waals surface area contributed by atoms with Gasteiger partial charge in [-0.15, -0.1) is 0 Å².